The monoisotopic (exact) mass is 413 g/mol. The molecular weight excluding hydrogens is 393 g/mol. The Morgan fingerprint density at radius 3 is 2.60 bits per heavy atom. The maximum atomic E-state index is 13.6. The molecule has 1 atom stereocenters. The number of nitro groups is 1. The first kappa shape index (κ1) is 19.7. The molecule has 1 unspecified atom stereocenters. The summed E-state index contributed by atoms with van der Waals surface area (Å²) in [5.41, 5.74) is -0.468. The molecule has 156 valence electrons. The lowest BCUT2D eigenvalue weighted by Gasteiger charge is -2.36. The topological polar surface area (TPSA) is 99.9 Å². The zero-order valence-electron chi connectivity index (χ0n) is 16.1. The summed E-state index contributed by atoms with van der Waals surface area (Å²) in [7, 11) is 0. The summed E-state index contributed by atoms with van der Waals surface area (Å²) in [6.45, 7) is 2.49. The van der Waals surface area contributed by atoms with Gasteiger partial charge in [-0.25, -0.2) is 4.98 Å². The fourth-order valence-corrected chi connectivity index (χ4v) is 3.89. The van der Waals surface area contributed by atoms with Crippen molar-refractivity contribution < 1.29 is 18.9 Å². The first-order valence-electron chi connectivity index (χ1n) is 9.63. The summed E-state index contributed by atoms with van der Waals surface area (Å²) in [5, 5.41) is 11.0. The van der Waals surface area contributed by atoms with E-state index in [9.17, 15) is 24.1 Å². The van der Waals surface area contributed by atoms with Gasteiger partial charge < -0.3 is 14.7 Å². The maximum absolute atomic E-state index is 13.6. The third kappa shape index (κ3) is 3.80. The van der Waals surface area contributed by atoms with Crippen molar-refractivity contribution in [2.24, 2.45) is 5.92 Å². The molecule has 3 heterocycles. The summed E-state index contributed by atoms with van der Waals surface area (Å²) >= 11 is 0. The number of carbonyl (C=O) groups excluding carboxylic acids is 2. The summed E-state index contributed by atoms with van der Waals surface area (Å²) in [5.74, 6) is -1.04. The molecule has 4 rings (SSSR count). The predicted octanol–water partition coefficient (Wildman–Crippen LogP) is 1.83. The first-order valence-corrected chi connectivity index (χ1v) is 9.63. The molecule has 2 saturated heterocycles. The molecule has 0 N–H and O–H groups in total. The average molecular weight is 413 g/mol. The van der Waals surface area contributed by atoms with Gasteiger partial charge in [0.1, 0.15) is 5.82 Å². The number of piperazine rings is 1. The largest absolute Gasteiger partial charge is 0.353 e. The van der Waals surface area contributed by atoms with E-state index in [0.717, 1.165) is 18.0 Å². The number of carbonyl (C=O) groups is 2. The van der Waals surface area contributed by atoms with E-state index in [2.05, 4.69) is 9.88 Å². The molecule has 2 amide bonds. The van der Waals surface area contributed by atoms with E-state index in [0.29, 0.717) is 26.2 Å². The lowest BCUT2D eigenvalue weighted by molar-refractivity contribution is -0.387. The molecule has 0 saturated carbocycles. The molecule has 0 radical (unpaired) electrons. The molecule has 1 aromatic heterocycles. The number of hydrogen-bond donors (Lipinski definition) is 0. The minimum Gasteiger partial charge on any atom is -0.353 e. The normalized spacial score (nSPS) is 19.3. The molecule has 2 aliphatic rings. The average Bonchev–Trinajstić information content (AvgIpc) is 3.15. The Morgan fingerprint density at radius 1 is 1.17 bits per heavy atom. The Bertz CT molecular complexity index is 978. The summed E-state index contributed by atoms with van der Waals surface area (Å²) in [4.78, 5) is 45.0. The van der Waals surface area contributed by atoms with Crippen LogP contribution < -0.4 is 9.80 Å². The van der Waals surface area contributed by atoms with Gasteiger partial charge in [0.2, 0.25) is 17.6 Å². The van der Waals surface area contributed by atoms with Gasteiger partial charge >= 0.3 is 5.69 Å². The van der Waals surface area contributed by atoms with Crippen LogP contribution >= 0.6 is 0 Å². The Hall–Kier alpha value is -3.56. The molecule has 0 aliphatic carbocycles. The number of aromatic nitrogens is 1. The van der Waals surface area contributed by atoms with Crippen LogP contribution in [-0.4, -0.2) is 59.3 Å². The summed E-state index contributed by atoms with van der Waals surface area (Å²) < 4.78 is 13.6. The molecular formula is C20H20FN5O4. The second-order valence-corrected chi connectivity index (χ2v) is 7.30. The van der Waals surface area contributed by atoms with Crippen molar-refractivity contribution in [2.75, 3.05) is 42.5 Å². The molecule has 2 fully saturated rings. The molecule has 1 aromatic carbocycles. The van der Waals surface area contributed by atoms with Crippen LogP contribution in [0.3, 0.4) is 0 Å². The number of amides is 2. The van der Waals surface area contributed by atoms with Gasteiger partial charge in [0.05, 0.1) is 16.5 Å². The van der Waals surface area contributed by atoms with Crippen LogP contribution in [0.1, 0.15) is 6.42 Å². The molecule has 0 spiro atoms. The van der Waals surface area contributed by atoms with E-state index < -0.39 is 22.3 Å². The molecule has 9 nitrogen and oxygen atoms in total. The van der Waals surface area contributed by atoms with Gasteiger partial charge in [-0.15, -0.1) is 0 Å². The standard InChI is InChI=1S/C20H20FN5O4/c21-16-5-4-15(12-17(16)26(29)30)25-13-14(11-19(25)27)20(28)24-9-7-23(8-10-24)18-3-1-2-6-22-18/h1-6,12,14H,7-11,13H2. The zero-order valence-corrected chi connectivity index (χ0v) is 16.1. The van der Waals surface area contributed by atoms with Crippen LogP contribution in [0.4, 0.5) is 21.6 Å². The number of pyridine rings is 1. The Morgan fingerprint density at radius 2 is 1.93 bits per heavy atom. The van der Waals surface area contributed by atoms with Gasteiger partial charge in [-0.3, -0.25) is 19.7 Å². The van der Waals surface area contributed by atoms with Gasteiger partial charge in [-0.05, 0) is 24.3 Å². The SMILES string of the molecule is O=C(C1CC(=O)N(c2ccc(F)c([N+](=O)[O-])c2)C1)N1CCN(c2ccccn2)CC1. The van der Waals surface area contributed by atoms with Crippen molar-refractivity contribution in [1.29, 1.82) is 0 Å². The molecule has 2 aromatic rings. The van der Waals surface area contributed by atoms with E-state index in [1.165, 1.54) is 11.0 Å². The number of nitrogens with zero attached hydrogens (tertiary/aromatic N) is 5. The molecule has 10 heteroatoms. The number of anilines is 2. The second-order valence-electron chi connectivity index (χ2n) is 7.30. The van der Waals surface area contributed by atoms with Gasteiger partial charge in [0.15, 0.2) is 0 Å². The van der Waals surface area contributed by atoms with Crippen LogP contribution in [0.15, 0.2) is 42.6 Å². The van der Waals surface area contributed by atoms with E-state index in [1.807, 2.05) is 18.2 Å². The van der Waals surface area contributed by atoms with Crippen LogP contribution in [0.25, 0.3) is 0 Å². The number of rotatable bonds is 4. The van der Waals surface area contributed by atoms with Crippen LogP contribution in [0.2, 0.25) is 0 Å². The van der Waals surface area contributed by atoms with Crippen molar-refractivity contribution in [3.05, 3.63) is 58.5 Å². The number of nitro benzene ring substituents is 1. The van der Waals surface area contributed by atoms with Crippen molar-refractivity contribution in [2.45, 2.75) is 6.42 Å². The smallest absolute Gasteiger partial charge is 0.306 e. The predicted molar refractivity (Wildman–Crippen MR) is 107 cm³/mol. The van der Waals surface area contributed by atoms with Gasteiger partial charge in [-0.1, -0.05) is 6.07 Å². The number of benzene rings is 1. The third-order valence-electron chi connectivity index (χ3n) is 5.48. The zero-order chi connectivity index (χ0) is 21.3. The number of hydrogen-bond acceptors (Lipinski definition) is 6. The quantitative estimate of drug-likeness (QED) is 0.560. The minimum atomic E-state index is -0.964. The number of halogens is 1. The summed E-state index contributed by atoms with van der Waals surface area (Å²) in [6, 6.07) is 9.00. The van der Waals surface area contributed by atoms with Crippen LogP contribution in [0, 0.1) is 21.8 Å². The van der Waals surface area contributed by atoms with Crippen LogP contribution in [-0.2, 0) is 9.59 Å². The fourth-order valence-electron chi connectivity index (χ4n) is 3.89. The van der Waals surface area contributed by atoms with Crippen molar-refractivity contribution in [3.8, 4) is 0 Å². The van der Waals surface area contributed by atoms with Gasteiger partial charge in [-0.2, -0.15) is 4.39 Å². The third-order valence-corrected chi connectivity index (χ3v) is 5.48. The lowest BCUT2D eigenvalue weighted by Crippen LogP contribution is -2.51. The van der Waals surface area contributed by atoms with Gasteiger partial charge in [0.25, 0.3) is 0 Å². The highest BCUT2D eigenvalue weighted by atomic mass is 19.1. The van der Waals surface area contributed by atoms with Gasteiger partial charge in [0, 0.05) is 51.4 Å². The van der Waals surface area contributed by atoms with E-state index in [-0.39, 0.29) is 30.5 Å². The highest BCUT2D eigenvalue weighted by molar-refractivity contribution is 6.00. The highest BCUT2D eigenvalue weighted by Crippen LogP contribution is 2.30. The van der Waals surface area contributed by atoms with E-state index in [1.54, 1.807) is 11.1 Å². The fraction of sp³-hybridized carbons (Fsp3) is 0.350. The maximum Gasteiger partial charge on any atom is 0.306 e. The summed E-state index contributed by atoms with van der Waals surface area (Å²) in [6.07, 6.45) is 1.76. The molecule has 30 heavy (non-hydrogen) atoms. The molecule has 2 aliphatic heterocycles. The Balaban J connectivity index is 1.40. The van der Waals surface area contributed by atoms with Crippen molar-refractivity contribution in [3.63, 3.8) is 0 Å². The van der Waals surface area contributed by atoms with E-state index >= 15 is 0 Å². The Labute approximate surface area is 171 Å². The van der Waals surface area contributed by atoms with Crippen LogP contribution in [0.5, 0.6) is 0 Å². The van der Waals surface area contributed by atoms with Crippen molar-refractivity contribution >= 4 is 29.0 Å². The molecule has 0 bridgehead atoms. The first-order chi connectivity index (χ1) is 14.4. The lowest BCUT2D eigenvalue weighted by atomic mass is 10.1. The second kappa shape index (κ2) is 8.05. The van der Waals surface area contributed by atoms with E-state index in [4.69, 9.17) is 0 Å². The highest BCUT2D eigenvalue weighted by Gasteiger charge is 2.38. The van der Waals surface area contributed by atoms with Crippen molar-refractivity contribution in [1.82, 2.24) is 9.88 Å². The Kier molecular flexibility index (Phi) is 5.30. The minimum absolute atomic E-state index is 0.0322.